The topological polar surface area (TPSA) is 164 Å². The van der Waals surface area contributed by atoms with Gasteiger partial charge < -0.3 is 15.4 Å². The molecule has 0 saturated carbocycles. The first kappa shape index (κ1) is 29.7. The number of anilines is 1. The van der Waals surface area contributed by atoms with Crippen LogP contribution in [0.25, 0.3) is 10.6 Å². The number of benzene rings is 3. The van der Waals surface area contributed by atoms with Gasteiger partial charge in [0.1, 0.15) is 10.8 Å². The first-order valence-electron chi connectivity index (χ1n) is 12.6. The Morgan fingerprint density at radius 1 is 1.05 bits per heavy atom. The minimum absolute atomic E-state index is 0.0557. The van der Waals surface area contributed by atoms with E-state index in [-0.39, 0.29) is 39.8 Å². The van der Waals surface area contributed by atoms with Crippen LogP contribution in [-0.4, -0.2) is 53.8 Å². The first-order valence-corrected chi connectivity index (χ1v) is 16.8. The van der Waals surface area contributed by atoms with Crippen LogP contribution < -0.4 is 15.4 Å². The van der Waals surface area contributed by atoms with Crippen molar-refractivity contribution in [2.24, 2.45) is 0 Å². The van der Waals surface area contributed by atoms with Crippen LogP contribution in [0.2, 0.25) is 0 Å². The zero-order chi connectivity index (χ0) is 29.9. The van der Waals surface area contributed by atoms with Crippen LogP contribution in [0.1, 0.15) is 32.0 Å². The molecule has 0 atom stereocenters. The molecule has 1 aliphatic rings. The second-order valence-corrected chi connectivity index (χ2v) is 14.0. The van der Waals surface area contributed by atoms with Crippen molar-refractivity contribution in [1.82, 2.24) is 10.3 Å². The van der Waals surface area contributed by atoms with Crippen molar-refractivity contribution >= 4 is 49.5 Å². The summed E-state index contributed by atoms with van der Waals surface area (Å²) in [6.07, 6.45) is 3.10. The van der Waals surface area contributed by atoms with Crippen molar-refractivity contribution in [2.45, 2.75) is 22.8 Å². The second kappa shape index (κ2) is 12.2. The van der Waals surface area contributed by atoms with Crippen LogP contribution in [0.4, 0.5) is 5.69 Å². The van der Waals surface area contributed by atoms with Gasteiger partial charge in [0, 0.05) is 28.6 Å². The molecule has 220 valence electrons. The van der Waals surface area contributed by atoms with Crippen LogP contribution in [0.3, 0.4) is 0 Å². The Morgan fingerprint density at radius 3 is 2.57 bits per heavy atom. The van der Waals surface area contributed by atoms with E-state index in [1.165, 1.54) is 41.7 Å². The zero-order valence-electron chi connectivity index (χ0n) is 22.3. The maximum absolute atomic E-state index is 12.9. The number of ether oxygens (including phenoxy) is 1. The maximum atomic E-state index is 12.9. The normalized spacial score (nSPS) is 14.6. The molecule has 3 aromatic carbocycles. The number of hydrogen-bond donors (Lipinski definition) is 4. The number of hydrogen-bond acceptors (Lipinski definition) is 10. The van der Waals surface area contributed by atoms with E-state index in [1.807, 2.05) is 12.1 Å². The summed E-state index contributed by atoms with van der Waals surface area (Å²) < 4.78 is 54.2. The number of aromatic nitrogens is 1. The largest absolute Gasteiger partial charge is 0.494 e. The Kier molecular flexibility index (Phi) is 8.63. The van der Waals surface area contributed by atoms with Gasteiger partial charge in [-0.2, -0.15) is 8.42 Å². The summed E-state index contributed by atoms with van der Waals surface area (Å²) in [6.45, 7) is 0.583. The number of amides is 2. The van der Waals surface area contributed by atoms with Crippen molar-refractivity contribution in [3.63, 3.8) is 0 Å². The highest BCUT2D eigenvalue weighted by Gasteiger charge is 2.31. The summed E-state index contributed by atoms with van der Waals surface area (Å²) in [7, 11) is -6.92. The number of carbonyl (C=O) groups excluding carboxylic acids is 2. The third kappa shape index (κ3) is 6.81. The highest BCUT2D eigenvalue weighted by atomic mass is 32.3. The molecule has 0 fully saturated rings. The Hall–Kier alpha value is -3.79. The molecular formula is C28H27N3O8S3. The highest BCUT2D eigenvalue weighted by molar-refractivity contribution is 8.24. The summed E-state index contributed by atoms with van der Waals surface area (Å²) in [5.74, 6) is -0.259. The van der Waals surface area contributed by atoms with E-state index >= 15 is 0 Å². The Bertz CT molecular complexity index is 1740. The minimum atomic E-state index is -3.46. The van der Waals surface area contributed by atoms with Gasteiger partial charge in [-0.05, 0) is 54.6 Å². The average molecular weight is 630 g/mol. The molecular weight excluding hydrogens is 603 g/mol. The van der Waals surface area contributed by atoms with E-state index in [9.17, 15) is 27.1 Å². The highest BCUT2D eigenvalue weighted by Crippen LogP contribution is 2.60. The van der Waals surface area contributed by atoms with Crippen molar-refractivity contribution < 1.29 is 36.0 Å². The predicted octanol–water partition coefficient (Wildman–Crippen LogP) is 5.22. The third-order valence-electron chi connectivity index (χ3n) is 6.17. The van der Waals surface area contributed by atoms with Crippen LogP contribution >= 0.6 is 21.9 Å². The van der Waals surface area contributed by atoms with Gasteiger partial charge in [0.25, 0.3) is 21.9 Å². The lowest BCUT2D eigenvalue weighted by Gasteiger charge is -2.33. The molecule has 0 radical (unpaired) electrons. The first-order chi connectivity index (χ1) is 20.0. The van der Waals surface area contributed by atoms with E-state index < -0.39 is 32.5 Å². The summed E-state index contributed by atoms with van der Waals surface area (Å²) >= 11 is 1.41. The number of nitrogens with one attached hydrogen (secondary N) is 2. The van der Waals surface area contributed by atoms with Crippen LogP contribution in [0, 0.1) is 0 Å². The van der Waals surface area contributed by atoms with Crippen molar-refractivity contribution in [3.05, 3.63) is 88.9 Å². The molecule has 2 amide bonds. The van der Waals surface area contributed by atoms with Crippen LogP contribution in [0.15, 0.2) is 82.7 Å². The summed E-state index contributed by atoms with van der Waals surface area (Å²) in [4.78, 5) is 31.2. The molecule has 11 nitrogen and oxygen atoms in total. The molecule has 5 rings (SSSR count). The lowest BCUT2D eigenvalue weighted by atomic mass is 10.1. The lowest BCUT2D eigenvalue weighted by molar-refractivity contribution is 0.0949. The molecule has 0 aliphatic carbocycles. The SMILES string of the molecule is CS(=O)(=O)OCCCOc1ccc(-c2ncc(CNC(=O)c3ccc4c(c3)NC(=O)c3ccccc3S4(O)O)s2)cc1. The Balaban J connectivity index is 1.18. The molecule has 4 aromatic rings. The van der Waals surface area contributed by atoms with Crippen molar-refractivity contribution in [1.29, 1.82) is 0 Å². The van der Waals surface area contributed by atoms with E-state index in [2.05, 4.69) is 19.8 Å². The van der Waals surface area contributed by atoms with Gasteiger partial charge in [0.2, 0.25) is 0 Å². The Morgan fingerprint density at radius 2 is 1.81 bits per heavy atom. The van der Waals surface area contributed by atoms with Gasteiger partial charge in [-0.1, -0.05) is 12.1 Å². The van der Waals surface area contributed by atoms with E-state index in [1.54, 1.807) is 30.5 Å². The molecule has 1 aromatic heterocycles. The number of carbonyl (C=O) groups is 2. The maximum Gasteiger partial charge on any atom is 0.264 e. The molecule has 42 heavy (non-hydrogen) atoms. The van der Waals surface area contributed by atoms with Crippen LogP contribution in [0.5, 0.6) is 5.75 Å². The minimum Gasteiger partial charge on any atom is -0.494 e. The summed E-state index contributed by atoms with van der Waals surface area (Å²) in [6, 6.07) is 18.0. The van der Waals surface area contributed by atoms with E-state index in [0.29, 0.717) is 18.8 Å². The quantitative estimate of drug-likeness (QED) is 0.136. The molecule has 0 unspecified atom stereocenters. The third-order valence-corrected chi connectivity index (χ3v) is 9.75. The fourth-order valence-corrected chi connectivity index (χ4v) is 7.10. The Labute approximate surface area is 248 Å². The van der Waals surface area contributed by atoms with Gasteiger partial charge in [0.15, 0.2) is 0 Å². The van der Waals surface area contributed by atoms with Gasteiger partial charge in [-0.25, -0.2) is 4.98 Å². The molecule has 14 heteroatoms. The molecule has 4 N–H and O–H groups in total. The summed E-state index contributed by atoms with van der Waals surface area (Å²) in [5, 5.41) is 6.28. The van der Waals surface area contributed by atoms with Gasteiger partial charge >= 0.3 is 0 Å². The monoisotopic (exact) mass is 629 g/mol. The number of thiazole rings is 1. The summed E-state index contributed by atoms with van der Waals surface area (Å²) in [5.41, 5.74) is 1.45. The van der Waals surface area contributed by atoms with Gasteiger partial charge in [0.05, 0.1) is 47.1 Å². The predicted molar refractivity (Wildman–Crippen MR) is 160 cm³/mol. The molecule has 0 spiro atoms. The number of fused-ring (bicyclic) bond motifs is 2. The molecule has 0 bridgehead atoms. The van der Waals surface area contributed by atoms with Crippen molar-refractivity contribution in [2.75, 3.05) is 24.8 Å². The molecule has 0 saturated heterocycles. The van der Waals surface area contributed by atoms with E-state index in [0.717, 1.165) is 21.7 Å². The zero-order valence-corrected chi connectivity index (χ0v) is 24.7. The number of rotatable bonds is 10. The van der Waals surface area contributed by atoms with Gasteiger partial charge in [-0.3, -0.25) is 22.9 Å². The number of nitrogens with zero attached hydrogens (tertiary/aromatic N) is 1. The van der Waals surface area contributed by atoms with Gasteiger partial charge in [-0.15, -0.1) is 21.9 Å². The standard InChI is InChI=1S/C28H27N3O8S3/c1-41(34,35)39-14-4-13-38-20-10-7-18(8-11-20)28-30-17-21(40-28)16-29-26(32)19-9-12-25-23(15-19)31-27(33)22-5-2-3-6-24(22)42(25,36)37/h2-3,5-12,15,17,36-37H,4,13-14,16H2,1H3,(H,29,32)(H,31,33). The molecule has 2 heterocycles. The lowest BCUT2D eigenvalue weighted by Crippen LogP contribution is -2.22. The fraction of sp³-hybridized carbons (Fsp3) is 0.179. The van der Waals surface area contributed by atoms with Crippen LogP contribution in [-0.2, 0) is 20.8 Å². The van der Waals surface area contributed by atoms with E-state index in [4.69, 9.17) is 4.74 Å². The average Bonchev–Trinajstić information content (AvgIpc) is 3.41. The van der Waals surface area contributed by atoms with Crippen molar-refractivity contribution in [3.8, 4) is 16.3 Å². The fourth-order valence-electron chi connectivity index (χ4n) is 4.17. The smallest absolute Gasteiger partial charge is 0.264 e. The molecule has 1 aliphatic heterocycles. The second-order valence-electron chi connectivity index (χ2n) is 9.28.